The molecule has 0 bridgehead atoms. The van der Waals surface area contributed by atoms with E-state index < -0.39 is 5.54 Å². The summed E-state index contributed by atoms with van der Waals surface area (Å²) in [5.41, 5.74) is 0.904. The molecule has 166 valence electrons. The lowest BCUT2D eigenvalue weighted by Gasteiger charge is -2.39. The number of hydrogen-bond donors (Lipinski definition) is 2. The van der Waals surface area contributed by atoms with Crippen molar-refractivity contribution >= 4 is 17.7 Å². The van der Waals surface area contributed by atoms with E-state index in [1.807, 2.05) is 22.9 Å². The summed E-state index contributed by atoms with van der Waals surface area (Å²) in [6.07, 6.45) is 7.36. The van der Waals surface area contributed by atoms with E-state index in [1.54, 1.807) is 6.20 Å². The number of ether oxygens (including phenoxy) is 1. The number of amides is 1. The van der Waals surface area contributed by atoms with Gasteiger partial charge < -0.3 is 15.4 Å². The van der Waals surface area contributed by atoms with Gasteiger partial charge in [0.1, 0.15) is 11.4 Å². The summed E-state index contributed by atoms with van der Waals surface area (Å²) in [7, 11) is 1.39. The van der Waals surface area contributed by atoms with Crippen molar-refractivity contribution in [3.63, 3.8) is 0 Å². The van der Waals surface area contributed by atoms with Gasteiger partial charge in [0.2, 0.25) is 0 Å². The van der Waals surface area contributed by atoms with E-state index in [0.29, 0.717) is 5.56 Å². The minimum Gasteiger partial charge on any atom is -0.469 e. The molecule has 0 saturated heterocycles. The van der Waals surface area contributed by atoms with Crippen LogP contribution in [0.3, 0.4) is 0 Å². The number of nitrogens with one attached hydrogen (secondary N) is 2. The molecule has 4 rings (SSSR count). The van der Waals surface area contributed by atoms with Crippen LogP contribution in [0.1, 0.15) is 80.8 Å². The molecule has 1 aliphatic carbocycles. The number of fused-ring (bicyclic) bond motifs is 1. The van der Waals surface area contributed by atoms with Gasteiger partial charge in [-0.2, -0.15) is 5.10 Å². The summed E-state index contributed by atoms with van der Waals surface area (Å²) in [6, 6.07) is 10.4. The summed E-state index contributed by atoms with van der Waals surface area (Å²) in [5.74, 6) is 0.248. The summed E-state index contributed by atoms with van der Waals surface area (Å²) in [4.78, 5) is 25.5. The van der Waals surface area contributed by atoms with Crippen LogP contribution in [0.25, 0.3) is 0 Å². The second-order valence-corrected chi connectivity index (χ2v) is 9.49. The summed E-state index contributed by atoms with van der Waals surface area (Å²) in [5, 5.41) is 11.3. The predicted molar refractivity (Wildman–Crippen MR) is 119 cm³/mol. The molecule has 1 aromatic heterocycles. The molecule has 1 amide bonds. The maximum Gasteiger partial charge on any atom is 0.307 e. The standard InChI is InChI=1S/C24H32N4O3/c1-23(2)14-19(17-10-6-4-7-11-17)26-21-18(16-25-28(21)23)22(30)27-24(15-20(29)31-3)12-8-5-9-13-24/h4,6-7,10-11,16,19,26H,5,8-9,12-15H2,1-3H3,(H,27,30). The van der Waals surface area contributed by atoms with E-state index >= 15 is 0 Å². The zero-order valence-corrected chi connectivity index (χ0v) is 18.6. The van der Waals surface area contributed by atoms with E-state index in [4.69, 9.17) is 4.74 Å². The molecule has 2 aliphatic rings. The Balaban J connectivity index is 1.62. The average molecular weight is 425 g/mol. The molecule has 2 aromatic rings. The zero-order chi connectivity index (χ0) is 22.1. The van der Waals surface area contributed by atoms with E-state index in [9.17, 15) is 9.59 Å². The van der Waals surface area contributed by atoms with Crippen molar-refractivity contribution in [1.82, 2.24) is 15.1 Å². The number of aromatic nitrogens is 2. The van der Waals surface area contributed by atoms with Crippen molar-refractivity contribution in [3.8, 4) is 0 Å². The Morgan fingerprint density at radius 3 is 2.58 bits per heavy atom. The lowest BCUT2D eigenvalue weighted by atomic mass is 9.79. The second-order valence-electron chi connectivity index (χ2n) is 9.49. The second kappa shape index (κ2) is 8.36. The van der Waals surface area contributed by atoms with E-state index in [1.165, 1.54) is 12.7 Å². The highest BCUT2D eigenvalue weighted by Gasteiger charge is 2.40. The number of nitrogens with zero attached hydrogens (tertiary/aromatic N) is 2. The maximum absolute atomic E-state index is 13.4. The zero-order valence-electron chi connectivity index (χ0n) is 18.6. The number of methoxy groups -OCH3 is 1. The molecule has 1 aliphatic heterocycles. The number of esters is 1. The van der Waals surface area contributed by atoms with Crippen molar-refractivity contribution in [1.29, 1.82) is 0 Å². The van der Waals surface area contributed by atoms with Gasteiger partial charge in [-0.15, -0.1) is 0 Å². The molecule has 1 unspecified atom stereocenters. The molecule has 0 radical (unpaired) electrons. The Morgan fingerprint density at radius 1 is 1.19 bits per heavy atom. The van der Waals surface area contributed by atoms with Gasteiger partial charge in [-0.05, 0) is 38.7 Å². The van der Waals surface area contributed by atoms with Crippen LogP contribution in [0.4, 0.5) is 5.82 Å². The third-order valence-electron chi connectivity index (χ3n) is 6.70. The Bertz CT molecular complexity index is 945. The molecule has 7 nitrogen and oxygen atoms in total. The Morgan fingerprint density at radius 2 is 1.90 bits per heavy atom. The SMILES string of the molecule is COC(=O)CC1(NC(=O)c2cnn3c2NC(c2ccccc2)CC3(C)C)CCCCC1. The van der Waals surface area contributed by atoms with Crippen LogP contribution in [0.2, 0.25) is 0 Å². The molecule has 1 fully saturated rings. The minimum atomic E-state index is -0.555. The van der Waals surface area contributed by atoms with Gasteiger partial charge in [-0.1, -0.05) is 49.6 Å². The minimum absolute atomic E-state index is 0.0886. The van der Waals surface area contributed by atoms with Crippen molar-refractivity contribution in [2.24, 2.45) is 0 Å². The van der Waals surface area contributed by atoms with Crippen LogP contribution in [0, 0.1) is 0 Å². The molecule has 1 aromatic carbocycles. The van der Waals surface area contributed by atoms with Crippen LogP contribution >= 0.6 is 0 Å². The lowest BCUT2D eigenvalue weighted by molar-refractivity contribution is -0.142. The normalized spacial score (nSPS) is 21.5. The van der Waals surface area contributed by atoms with Crippen LogP contribution in [-0.4, -0.2) is 34.3 Å². The van der Waals surface area contributed by atoms with Crippen molar-refractivity contribution in [2.45, 2.75) is 75.9 Å². The number of carbonyl (C=O) groups is 2. The third-order valence-corrected chi connectivity index (χ3v) is 6.70. The summed E-state index contributed by atoms with van der Waals surface area (Å²) < 4.78 is 6.82. The van der Waals surface area contributed by atoms with E-state index in [0.717, 1.165) is 44.3 Å². The fourth-order valence-corrected chi connectivity index (χ4v) is 5.03. The molecule has 1 saturated carbocycles. The molecule has 31 heavy (non-hydrogen) atoms. The van der Waals surface area contributed by atoms with Crippen LogP contribution in [-0.2, 0) is 15.1 Å². The summed E-state index contributed by atoms with van der Waals surface area (Å²) in [6.45, 7) is 4.28. The summed E-state index contributed by atoms with van der Waals surface area (Å²) >= 11 is 0. The molecular weight excluding hydrogens is 392 g/mol. The number of benzene rings is 1. The van der Waals surface area contributed by atoms with Crippen molar-refractivity contribution in [2.75, 3.05) is 12.4 Å². The van der Waals surface area contributed by atoms with E-state index in [2.05, 4.69) is 41.7 Å². The van der Waals surface area contributed by atoms with E-state index in [-0.39, 0.29) is 29.9 Å². The molecule has 1 atom stereocenters. The predicted octanol–water partition coefficient (Wildman–Crippen LogP) is 4.17. The van der Waals surface area contributed by atoms with Crippen LogP contribution in [0.15, 0.2) is 36.5 Å². The molecule has 2 N–H and O–H groups in total. The van der Waals surface area contributed by atoms with Gasteiger partial charge in [-0.3, -0.25) is 9.59 Å². The van der Waals surface area contributed by atoms with Gasteiger partial charge in [0.05, 0.1) is 36.8 Å². The van der Waals surface area contributed by atoms with Crippen LogP contribution < -0.4 is 10.6 Å². The quantitative estimate of drug-likeness (QED) is 0.704. The van der Waals surface area contributed by atoms with Gasteiger partial charge in [0.25, 0.3) is 5.91 Å². The fourth-order valence-electron chi connectivity index (χ4n) is 5.03. The number of anilines is 1. The first-order valence-corrected chi connectivity index (χ1v) is 11.1. The van der Waals surface area contributed by atoms with Crippen molar-refractivity contribution in [3.05, 3.63) is 47.7 Å². The molecule has 0 spiro atoms. The Labute approximate surface area is 183 Å². The fraction of sp³-hybridized carbons (Fsp3) is 0.542. The van der Waals surface area contributed by atoms with Gasteiger partial charge in [0, 0.05) is 0 Å². The van der Waals surface area contributed by atoms with Crippen LogP contribution in [0.5, 0.6) is 0 Å². The third kappa shape index (κ3) is 4.31. The smallest absolute Gasteiger partial charge is 0.307 e. The van der Waals surface area contributed by atoms with Gasteiger partial charge in [-0.25, -0.2) is 4.68 Å². The number of hydrogen-bond acceptors (Lipinski definition) is 5. The highest BCUT2D eigenvalue weighted by atomic mass is 16.5. The highest BCUT2D eigenvalue weighted by molar-refractivity contribution is 5.99. The number of carbonyl (C=O) groups excluding carboxylic acids is 2. The largest absolute Gasteiger partial charge is 0.469 e. The Kier molecular flexibility index (Phi) is 5.77. The number of rotatable bonds is 5. The maximum atomic E-state index is 13.4. The van der Waals surface area contributed by atoms with Crippen molar-refractivity contribution < 1.29 is 14.3 Å². The first kappa shape index (κ1) is 21.4. The van der Waals surface area contributed by atoms with Gasteiger partial charge >= 0.3 is 5.97 Å². The molecular formula is C24H32N4O3. The lowest BCUT2D eigenvalue weighted by Crippen LogP contribution is -2.51. The monoisotopic (exact) mass is 424 g/mol. The average Bonchev–Trinajstić information content (AvgIpc) is 3.20. The Hall–Kier alpha value is -2.83. The topological polar surface area (TPSA) is 85.2 Å². The first-order valence-electron chi connectivity index (χ1n) is 11.1. The molecule has 2 heterocycles. The van der Waals surface area contributed by atoms with Gasteiger partial charge in [0.15, 0.2) is 0 Å². The first-order chi connectivity index (χ1) is 14.8. The highest BCUT2D eigenvalue weighted by Crippen LogP contribution is 2.40. The molecule has 7 heteroatoms.